The first-order valence-corrected chi connectivity index (χ1v) is 8.97. The van der Waals surface area contributed by atoms with Gasteiger partial charge in [-0.05, 0) is 48.6 Å². The molecule has 2 atom stereocenters. The number of aromatic amines is 1. The number of nitrogens with one attached hydrogen (secondary N) is 2. The predicted octanol–water partition coefficient (Wildman–Crippen LogP) is 3.05. The SMILES string of the molecule is OC(CNC1CCc2ccccc2C1)COc1cccc2[nH]ccc12. The zero-order valence-electron chi connectivity index (χ0n) is 14.2. The molecule has 4 nitrogen and oxygen atoms in total. The summed E-state index contributed by atoms with van der Waals surface area (Å²) in [5, 5.41) is 14.8. The third kappa shape index (κ3) is 3.70. The molecule has 2 unspecified atom stereocenters. The standard InChI is InChI=1S/C21H24N2O2/c24-18(14-25-21-7-3-6-20-19(21)10-11-22-20)13-23-17-9-8-15-4-1-2-5-16(15)12-17/h1-7,10-11,17-18,22-24H,8-9,12-14H2. The first kappa shape index (κ1) is 16.2. The van der Waals surface area contributed by atoms with Gasteiger partial charge in [-0.25, -0.2) is 0 Å². The molecule has 4 rings (SSSR count). The van der Waals surface area contributed by atoms with Gasteiger partial charge in [0.25, 0.3) is 0 Å². The Labute approximate surface area is 147 Å². The Hall–Kier alpha value is -2.30. The summed E-state index contributed by atoms with van der Waals surface area (Å²) >= 11 is 0. The summed E-state index contributed by atoms with van der Waals surface area (Å²) in [6, 6.07) is 17.0. The smallest absolute Gasteiger partial charge is 0.128 e. The van der Waals surface area contributed by atoms with Crippen LogP contribution in [0.1, 0.15) is 17.5 Å². The van der Waals surface area contributed by atoms with Crippen molar-refractivity contribution in [1.29, 1.82) is 0 Å². The van der Waals surface area contributed by atoms with Gasteiger partial charge in [0.05, 0.1) is 0 Å². The third-order valence-corrected chi connectivity index (χ3v) is 4.98. The highest BCUT2D eigenvalue weighted by atomic mass is 16.5. The number of ether oxygens (including phenoxy) is 1. The molecule has 1 heterocycles. The largest absolute Gasteiger partial charge is 0.490 e. The monoisotopic (exact) mass is 336 g/mol. The lowest BCUT2D eigenvalue weighted by Crippen LogP contribution is -2.40. The Morgan fingerprint density at radius 1 is 1.12 bits per heavy atom. The Kier molecular flexibility index (Phi) is 4.72. The number of aryl methyl sites for hydroxylation is 1. The van der Waals surface area contributed by atoms with Crippen LogP contribution in [0.4, 0.5) is 0 Å². The Bertz CT molecular complexity index is 843. The summed E-state index contributed by atoms with van der Waals surface area (Å²) in [5.74, 6) is 0.810. The van der Waals surface area contributed by atoms with Crippen molar-refractivity contribution in [2.75, 3.05) is 13.2 Å². The zero-order chi connectivity index (χ0) is 17.1. The van der Waals surface area contributed by atoms with Gasteiger partial charge in [-0.1, -0.05) is 30.3 Å². The fourth-order valence-corrected chi connectivity index (χ4v) is 3.60. The number of benzene rings is 2. The molecular weight excluding hydrogens is 312 g/mol. The number of aliphatic hydroxyl groups is 1. The Balaban J connectivity index is 1.27. The molecule has 1 aliphatic carbocycles. The van der Waals surface area contributed by atoms with Gasteiger partial charge in [-0.2, -0.15) is 0 Å². The average Bonchev–Trinajstić information content (AvgIpc) is 3.14. The van der Waals surface area contributed by atoms with Crippen LogP contribution in [0, 0.1) is 0 Å². The van der Waals surface area contributed by atoms with Crippen LogP contribution in [0.5, 0.6) is 5.75 Å². The van der Waals surface area contributed by atoms with Crippen LogP contribution in [0.15, 0.2) is 54.7 Å². The maximum absolute atomic E-state index is 10.3. The van der Waals surface area contributed by atoms with Gasteiger partial charge in [-0.15, -0.1) is 0 Å². The molecule has 0 bridgehead atoms. The maximum atomic E-state index is 10.3. The van der Waals surface area contributed by atoms with E-state index in [1.807, 2.05) is 30.5 Å². The van der Waals surface area contributed by atoms with Gasteiger partial charge in [0.15, 0.2) is 0 Å². The van der Waals surface area contributed by atoms with E-state index in [2.05, 4.69) is 34.6 Å². The summed E-state index contributed by atoms with van der Waals surface area (Å²) in [5.41, 5.74) is 3.94. The molecule has 25 heavy (non-hydrogen) atoms. The minimum Gasteiger partial charge on any atom is -0.490 e. The molecule has 2 aromatic carbocycles. The van der Waals surface area contributed by atoms with E-state index >= 15 is 0 Å². The van der Waals surface area contributed by atoms with Crippen LogP contribution in [0.2, 0.25) is 0 Å². The van der Waals surface area contributed by atoms with Crippen LogP contribution in [-0.4, -0.2) is 35.4 Å². The summed E-state index contributed by atoms with van der Waals surface area (Å²) in [6.45, 7) is 0.844. The van der Waals surface area contributed by atoms with Crippen molar-refractivity contribution < 1.29 is 9.84 Å². The zero-order valence-corrected chi connectivity index (χ0v) is 14.2. The third-order valence-electron chi connectivity index (χ3n) is 4.98. The first-order valence-electron chi connectivity index (χ1n) is 8.97. The Morgan fingerprint density at radius 2 is 2.00 bits per heavy atom. The second-order valence-corrected chi connectivity index (χ2v) is 6.78. The highest BCUT2D eigenvalue weighted by Gasteiger charge is 2.18. The maximum Gasteiger partial charge on any atom is 0.128 e. The highest BCUT2D eigenvalue weighted by Crippen LogP contribution is 2.24. The van der Waals surface area contributed by atoms with Crippen LogP contribution in [0.3, 0.4) is 0 Å². The van der Waals surface area contributed by atoms with E-state index < -0.39 is 6.10 Å². The molecule has 3 aromatic rings. The van der Waals surface area contributed by atoms with E-state index in [1.54, 1.807) is 0 Å². The molecule has 1 aliphatic rings. The van der Waals surface area contributed by atoms with Crippen molar-refractivity contribution in [2.45, 2.75) is 31.4 Å². The van der Waals surface area contributed by atoms with Gasteiger partial charge in [0.1, 0.15) is 18.5 Å². The van der Waals surface area contributed by atoms with Crippen molar-refractivity contribution >= 4 is 10.9 Å². The van der Waals surface area contributed by atoms with Crippen molar-refractivity contribution in [1.82, 2.24) is 10.3 Å². The lowest BCUT2D eigenvalue weighted by molar-refractivity contribution is 0.104. The molecule has 4 heteroatoms. The number of aromatic nitrogens is 1. The normalized spacial score (nSPS) is 18.0. The predicted molar refractivity (Wildman–Crippen MR) is 100 cm³/mol. The van der Waals surface area contributed by atoms with Crippen molar-refractivity contribution in [3.63, 3.8) is 0 Å². The van der Waals surface area contributed by atoms with Gasteiger partial charge >= 0.3 is 0 Å². The van der Waals surface area contributed by atoms with Crippen molar-refractivity contribution in [3.8, 4) is 5.75 Å². The minimum absolute atomic E-state index is 0.292. The molecule has 0 saturated heterocycles. The van der Waals surface area contributed by atoms with Gasteiger partial charge in [0.2, 0.25) is 0 Å². The number of fused-ring (bicyclic) bond motifs is 2. The van der Waals surface area contributed by atoms with E-state index in [-0.39, 0.29) is 0 Å². The van der Waals surface area contributed by atoms with E-state index in [0.29, 0.717) is 19.2 Å². The Morgan fingerprint density at radius 3 is 2.92 bits per heavy atom. The molecule has 0 fully saturated rings. The van der Waals surface area contributed by atoms with Gasteiger partial charge in [0, 0.05) is 29.7 Å². The summed E-state index contributed by atoms with van der Waals surface area (Å²) < 4.78 is 5.83. The molecule has 0 radical (unpaired) electrons. The van der Waals surface area contributed by atoms with Crippen molar-refractivity contribution in [2.24, 2.45) is 0 Å². The van der Waals surface area contributed by atoms with Crippen LogP contribution < -0.4 is 10.1 Å². The summed E-state index contributed by atoms with van der Waals surface area (Å²) in [6.07, 6.45) is 4.64. The molecule has 0 aliphatic heterocycles. The molecule has 0 saturated carbocycles. The average molecular weight is 336 g/mol. The van der Waals surface area contributed by atoms with Crippen LogP contribution in [0.25, 0.3) is 10.9 Å². The number of aliphatic hydroxyl groups excluding tert-OH is 1. The lowest BCUT2D eigenvalue weighted by atomic mass is 9.88. The highest BCUT2D eigenvalue weighted by molar-refractivity contribution is 5.85. The molecule has 3 N–H and O–H groups in total. The quantitative estimate of drug-likeness (QED) is 0.648. The van der Waals surface area contributed by atoms with Gasteiger partial charge < -0.3 is 20.1 Å². The molecule has 130 valence electrons. The number of hydrogen-bond donors (Lipinski definition) is 3. The number of hydrogen-bond acceptors (Lipinski definition) is 3. The second-order valence-electron chi connectivity index (χ2n) is 6.78. The lowest BCUT2D eigenvalue weighted by Gasteiger charge is -2.26. The summed E-state index contributed by atoms with van der Waals surface area (Å²) in [4.78, 5) is 3.17. The van der Waals surface area contributed by atoms with Crippen molar-refractivity contribution in [3.05, 3.63) is 65.9 Å². The fourth-order valence-electron chi connectivity index (χ4n) is 3.60. The molecular formula is C21H24N2O2. The van der Waals surface area contributed by atoms with Gasteiger partial charge in [-0.3, -0.25) is 0 Å². The van der Waals surface area contributed by atoms with E-state index in [0.717, 1.165) is 35.9 Å². The topological polar surface area (TPSA) is 57.3 Å². The number of rotatable bonds is 6. The van der Waals surface area contributed by atoms with E-state index in [1.165, 1.54) is 11.1 Å². The fraction of sp³-hybridized carbons (Fsp3) is 0.333. The van der Waals surface area contributed by atoms with E-state index in [9.17, 15) is 5.11 Å². The first-order chi connectivity index (χ1) is 12.3. The molecule has 0 amide bonds. The number of H-pyrrole nitrogens is 1. The minimum atomic E-state index is -0.522. The molecule has 1 aromatic heterocycles. The van der Waals surface area contributed by atoms with Crippen LogP contribution >= 0.6 is 0 Å². The second kappa shape index (κ2) is 7.30. The van der Waals surface area contributed by atoms with E-state index in [4.69, 9.17) is 4.74 Å². The molecule has 0 spiro atoms. The summed E-state index contributed by atoms with van der Waals surface area (Å²) in [7, 11) is 0. The van der Waals surface area contributed by atoms with Crippen LogP contribution in [-0.2, 0) is 12.8 Å².